The highest BCUT2D eigenvalue weighted by molar-refractivity contribution is 7.99. The van der Waals surface area contributed by atoms with E-state index in [9.17, 15) is 5.26 Å². The van der Waals surface area contributed by atoms with Gasteiger partial charge >= 0.3 is 0 Å². The Kier molecular flexibility index (Phi) is 3.97. The average molecular weight is 248 g/mol. The van der Waals surface area contributed by atoms with Crippen molar-refractivity contribution in [2.75, 3.05) is 7.05 Å². The van der Waals surface area contributed by atoms with Gasteiger partial charge < -0.3 is 5.32 Å². The first-order valence-electron chi connectivity index (χ1n) is 5.81. The van der Waals surface area contributed by atoms with E-state index in [1.165, 1.54) is 0 Å². The minimum atomic E-state index is -0.344. The molecular weight excluding hydrogens is 232 g/mol. The molecule has 1 N–H and O–H groups in total. The van der Waals surface area contributed by atoms with Crippen LogP contribution in [0.3, 0.4) is 0 Å². The van der Waals surface area contributed by atoms with Crippen molar-refractivity contribution in [3.05, 3.63) is 18.6 Å². The highest BCUT2D eigenvalue weighted by Crippen LogP contribution is 2.37. The van der Waals surface area contributed by atoms with Crippen molar-refractivity contribution >= 4 is 11.8 Å². The van der Waals surface area contributed by atoms with Crippen LogP contribution < -0.4 is 5.32 Å². The van der Waals surface area contributed by atoms with Gasteiger partial charge in [0.1, 0.15) is 11.9 Å². The Morgan fingerprint density at radius 2 is 2.53 bits per heavy atom. The Balaban J connectivity index is 2.01. The van der Waals surface area contributed by atoms with E-state index in [1.807, 2.05) is 13.1 Å². The highest BCUT2D eigenvalue weighted by atomic mass is 32.2. The van der Waals surface area contributed by atoms with Crippen LogP contribution in [0.4, 0.5) is 0 Å². The van der Waals surface area contributed by atoms with Gasteiger partial charge in [-0.15, -0.1) is 11.8 Å². The van der Waals surface area contributed by atoms with Crippen LogP contribution in [0.1, 0.15) is 25.7 Å². The van der Waals surface area contributed by atoms with Crippen LogP contribution in [-0.4, -0.2) is 27.8 Å². The van der Waals surface area contributed by atoms with Crippen molar-refractivity contribution < 1.29 is 0 Å². The molecule has 5 heteroatoms. The molecule has 1 saturated carbocycles. The van der Waals surface area contributed by atoms with Gasteiger partial charge in [-0.1, -0.05) is 0 Å². The molecule has 1 fully saturated rings. The first-order valence-corrected chi connectivity index (χ1v) is 6.69. The predicted octanol–water partition coefficient (Wildman–Crippen LogP) is 1.99. The molecule has 1 aliphatic carbocycles. The minimum absolute atomic E-state index is 0.344. The van der Waals surface area contributed by atoms with E-state index in [-0.39, 0.29) is 5.54 Å². The summed E-state index contributed by atoms with van der Waals surface area (Å²) >= 11 is 1.76. The predicted molar refractivity (Wildman–Crippen MR) is 67.5 cm³/mol. The number of nitrogens with zero attached hydrogens (tertiary/aromatic N) is 3. The third-order valence-corrected chi connectivity index (χ3v) is 4.46. The summed E-state index contributed by atoms with van der Waals surface area (Å²) in [5.74, 6) is 0. The highest BCUT2D eigenvalue weighted by Gasteiger charge is 2.35. The maximum atomic E-state index is 9.28. The molecule has 2 rings (SSSR count). The second-order valence-electron chi connectivity index (χ2n) is 4.33. The van der Waals surface area contributed by atoms with Gasteiger partial charge in [0, 0.05) is 11.4 Å². The summed E-state index contributed by atoms with van der Waals surface area (Å²) in [5.41, 5.74) is -0.344. The Morgan fingerprint density at radius 3 is 3.18 bits per heavy atom. The van der Waals surface area contributed by atoms with Gasteiger partial charge in [0.2, 0.25) is 0 Å². The molecule has 1 heterocycles. The quantitative estimate of drug-likeness (QED) is 0.829. The first kappa shape index (κ1) is 12.3. The van der Waals surface area contributed by atoms with Crippen molar-refractivity contribution in [2.45, 2.75) is 41.5 Å². The van der Waals surface area contributed by atoms with Crippen molar-refractivity contribution in [1.29, 1.82) is 5.26 Å². The van der Waals surface area contributed by atoms with Crippen LogP contribution in [-0.2, 0) is 0 Å². The molecule has 1 aromatic rings. The lowest BCUT2D eigenvalue weighted by molar-refractivity contribution is 0.323. The van der Waals surface area contributed by atoms with Gasteiger partial charge in [-0.2, -0.15) is 5.26 Å². The third-order valence-electron chi connectivity index (χ3n) is 3.24. The Hall–Kier alpha value is -1.12. The van der Waals surface area contributed by atoms with Crippen LogP contribution in [0.15, 0.2) is 23.6 Å². The fraction of sp³-hybridized carbons (Fsp3) is 0.583. The fourth-order valence-corrected chi connectivity index (χ4v) is 3.47. The average Bonchev–Trinajstić information content (AvgIpc) is 2.40. The summed E-state index contributed by atoms with van der Waals surface area (Å²) in [6.07, 6.45) is 7.40. The summed E-state index contributed by atoms with van der Waals surface area (Å²) < 4.78 is 0. The molecule has 0 radical (unpaired) electrons. The summed E-state index contributed by atoms with van der Waals surface area (Å²) in [6.45, 7) is 0. The summed E-state index contributed by atoms with van der Waals surface area (Å²) in [4.78, 5) is 8.13. The number of nitrogens with one attached hydrogen (secondary N) is 1. The molecule has 90 valence electrons. The number of hydrogen-bond acceptors (Lipinski definition) is 5. The molecule has 0 bridgehead atoms. The normalized spacial score (nSPS) is 28.6. The zero-order chi connectivity index (χ0) is 12.1. The molecule has 2 unspecified atom stereocenters. The van der Waals surface area contributed by atoms with Crippen molar-refractivity contribution in [1.82, 2.24) is 15.3 Å². The monoisotopic (exact) mass is 248 g/mol. The minimum Gasteiger partial charge on any atom is -0.302 e. The second-order valence-corrected chi connectivity index (χ2v) is 5.65. The molecule has 1 aliphatic rings. The number of nitriles is 1. The molecule has 0 saturated heterocycles. The third kappa shape index (κ3) is 2.96. The Morgan fingerprint density at radius 1 is 1.65 bits per heavy atom. The van der Waals surface area contributed by atoms with Crippen LogP contribution in [0.5, 0.6) is 0 Å². The van der Waals surface area contributed by atoms with Crippen LogP contribution in [0, 0.1) is 11.3 Å². The molecule has 0 aliphatic heterocycles. The van der Waals surface area contributed by atoms with E-state index in [2.05, 4.69) is 21.4 Å². The van der Waals surface area contributed by atoms with Gasteiger partial charge in [0.25, 0.3) is 0 Å². The van der Waals surface area contributed by atoms with Crippen molar-refractivity contribution in [3.63, 3.8) is 0 Å². The molecule has 0 amide bonds. The van der Waals surface area contributed by atoms with Gasteiger partial charge in [-0.25, -0.2) is 9.97 Å². The SMILES string of the molecule is CNC1(C#N)CCCC(Sc2ccncn2)C1. The fourth-order valence-electron chi connectivity index (χ4n) is 2.23. The van der Waals surface area contributed by atoms with Crippen LogP contribution in [0.25, 0.3) is 0 Å². The van der Waals surface area contributed by atoms with E-state index < -0.39 is 0 Å². The Labute approximate surface area is 106 Å². The first-order chi connectivity index (χ1) is 8.28. The summed E-state index contributed by atoms with van der Waals surface area (Å²) in [5, 5.41) is 13.9. The van der Waals surface area contributed by atoms with Gasteiger partial charge in [-0.05, 0) is 38.8 Å². The molecule has 0 aromatic carbocycles. The number of rotatable bonds is 3. The number of hydrogen-bond donors (Lipinski definition) is 1. The smallest absolute Gasteiger partial charge is 0.116 e. The van der Waals surface area contributed by atoms with E-state index in [0.29, 0.717) is 5.25 Å². The molecule has 1 aromatic heterocycles. The van der Waals surface area contributed by atoms with Crippen LogP contribution in [0.2, 0.25) is 0 Å². The van der Waals surface area contributed by atoms with Gasteiger partial charge in [0.05, 0.1) is 11.1 Å². The van der Waals surface area contributed by atoms with Gasteiger partial charge in [-0.3, -0.25) is 0 Å². The Bertz CT molecular complexity index is 403. The second kappa shape index (κ2) is 5.48. The largest absolute Gasteiger partial charge is 0.302 e. The standard InChI is InChI=1S/C12H16N4S/c1-14-12(8-13)5-2-3-10(7-12)17-11-4-6-15-9-16-11/h4,6,9-10,14H,2-3,5,7H2,1H3. The van der Waals surface area contributed by atoms with Crippen molar-refractivity contribution in [2.24, 2.45) is 0 Å². The zero-order valence-electron chi connectivity index (χ0n) is 9.89. The molecular formula is C12H16N4S. The van der Waals surface area contributed by atoms with Crippen molar-refractivity contribution in [3.8, 4) is 6.07 Å². The molecule has 0 spiro atoms. The van der Waals surface area contributed by atoms with E-state index in [0.717, 1.165) is 30.7 Å². The summed E-state index contributed by atoms with van der Waals surface area (Å²) in [6, 6.07) is 4.35. The lowest BCUT2D eigenvalue weighted by Crippen LogP contribution is -2.46. The number of aromatic nitrogens is 2. The molecule has 2 atom stereocenters. The lowest BCUT2D eigenvalue weighted by atomic mass is 9.83. The maximum absolute atomic E-state index is 9.28. The summed E-state index contributed by atoms with van der Waals surface area (Å²) in [7, 11) is 1.88. The zero-order valence-corrected chi connectivity index (χ0v) is 10.7. The lowest BCUT2D eigenvalue weighted by Gasteiger charge is -2.34. The molecule has 17 heavy (non-hydrogen) atoms. The maximum Gasteiger partial charge on any atom is 0.116 e. The topological polar surface area (TPSA) is 61.6 Å². The van der Waals surface area contributed by atoms with E-state index >= 15 is 0 Å². The van der Waals surface area contributed by atoms with E-state index in [1.54, 1.807) is 24.3 Å². The number of thioether (sulfide) groups is 1. The van der Waals surface area contributed by atoms with E-state index in [4.69, 9.17) is 0 Å². The van der Waals surface area contributed by atoms with Crippen LogP contribution >= 0.6 is 11.8 Å². The van der Waals surface area contributed by atoms with Gasteiger partial charge in [0.15, 0.2) is 0 Å². The molecule has 4 nitrogen and oxygen atoms in total.